The Kier molecular flexibility index (Phi) is 12.5. The lowest BCUT2D eigenvalue weighted by Crippen LogP contribution is -2.44. The SMILES string of the molecule is CC(C)(C)OC(=O)N[C@@H](C(=O)N1CCC[C@H]1c1nc2ccc(-c3ccc(-c4ccc5nc([C@@H]6CCCN6C(=O)[C@H](NC(=O)OC(C)(C)C)c6ccccc6)[nH]c5c4)cc3)cc2[nH]1)c1ccccc1. The second kappa shape index (κ2) is 18.7. The molecule has 350 valence electrons. The highest BCUT2D eigenvalue weighted by molar-refractivity contribution is 5.89. The van der Waals surface area contributed by atoms with Crippen LogP contribution in [0.15, 0.2) is 121 Å². The number of rotatable bonds is 10. The van der Waals surface area contributed by atoms with Crippen molar-refractivity contribution in [3.63, 3.8) is 0 Å². The van der Waals surface area contributed by atoms with Crippen LogP contribution in [0.2, 0.25) is 0 Å². The zero-order chi connectivity index (χ0) is 47.7. The second-order valence-electron chi connectivity index (χ2n) is 19.6. The average molecular weight is 915 g/mol. The minimum absolute atomic E-state index is 0.214. The van der Waals surface area contributed by atoms with Crippen molar-refractivity contribution in [1.82, 2.24) is 40.4 Å². The van der Waals surface area contributed by atoms with Crippen LogP contribution in [0.5, 0.6) is 0 Å². The summed E-state index contributed by atoms with van der Waals surface area (Å²) in [4.78, 5) is 75.0. The van der Waals surface area contributed by atoms with E-state index in [0.717, 1.165) is 70.0 Å². The third kappa shape index (κ3) is 10.1. The van der Waals surface area contributed by atoms with Gasteiger partial charge < -0.3 is 39.9 Å². The first-order chi connectivity index (χ1) is 32.6. The number of aromatic amines is 2. The van der Waals surface area contributed by atoms with Crippen LogP contribution < -0.4 is 10.6 Å². The van der Waals surface area contributed by atoms with Crippen molar-refractivity contribution in [1.29, 1.82) is 0 Å². The Balaban J connectivity index is 0.899. The van der Waals surface area contributed by atoms with Gasteiger partial charge in [-0.3, -0.25) is 9.59 Å². The second-order valence-corrected chi connectivity index (χ2v) is 19.6. The van der Waals surface area contributed by atoms with Gasteiger partial charge in [0.05, 0.1) is 34.2 Å². The van der Waals surface area contributed by atoms with E-state index in [1.54, 1.807) is 41.5 Å². The van der Waals surface area contributed by atoms with Crippen LogP contribution in [0, 0.1) is 0 Å². The van der Waals surface area contributed by atoms with Crippen molar-refractivity contribution in [3.05, 3.63) is 144 Å². The van der Waals surface area contributed by atoms with Gasteiger partial charge in [0, 0.05) is 13.1 Å². The van der Waals surface area contributed by atoms with Crippen molar-refractivity contribution in [2.24, 2.45) is 0 Å². The quantitative estimate of drug-likeness (QED) is 0.105. The summed E-state index contributed by atoms with van der Waals surface area (Å²) in [5.74, 6) is 0.986. The predicted octanol–water partition coefficient (Wildman–Crippen LogP) is 10.6. The maximum Gasteiger partial charge on any atom is 0.408 e. The van der Waals surface area contributed by atoms with Gasteiger partial charge in [-0.1, -0.05) is 97.1 Å². The lowest BCUT2D eigenvalue weighted by molar-refractivity contribution is -0.135. The number of carbonyl (C=O) groups excluding carboxylic acids is 4. The molecule has 9 rings (SSSR count). The van der Waals surface area contributed by atoms with E-state index < -0.39 is 35.5 Å². The molecule has 4 N–H and O–H groups in total. The third-order valence-corrected chi connectivity index (χ3v) is 12.3. The number of carbonyl (C=O) groups is 4. The van der Waals surface area contributed by atoms with Gasteiger partial charge in [-0.2, -0.15) is 0 Å². The van der Waals surface area contributed by atoms with Crippen LogP contribution in [-0.4, -0.2) is 78.0 Å². The first-order valence-electron chi connectivity index (χ1n) is 23.4. The van der Waals surface area contributed by atoms with Gasteiger partial charge in [0.25, 0.3) is 11.8 Å². The molecule has 0 saturated carbocycles. The fourth-order valence-electron chi connectivity index (χ4n) is 9.27. The van der Waals surface area contributed by atoms with E-state index >= 15 is 0 Å². The number of amides is 4. The predicted molar refractivity (Wildman–Crippen MR) is 261 cm³/mol. The van der Waals surface area contributed by atoms with Crippen LogP contribution in [0.3, 0.4) is 0 Å². The van der Waals surface area contributed by atoms with Crippen molar-refractivity contribution < 1.29 is 28.7 Å². The van der Waals surface area contributed by atoms with E-state index in [1.807, 2.05) is 82.6 Å². The molecule has 0 aliphatic carbocycles. The summed E-state index contributed by atoms with van der Waals surface area (Å²) in [6, 6.07) is 36.8. The van der Waals surface area contributed by atoms with E-state index in [2.05, 4.69) is 69.1 Å². The number of H-pyrrole nitrogens is 2. The number of nitrogens with zero attached hydrogens (tertiary/aromatic N) is 4. The van der Waals surface area contributed by atoms with Crippen molar-refractivity contribution in [2.45, 2.75) is 103 Å². The molecule has 68 heavy (non-hydrogen) atoms. The molecule has 2 saturated heterocycles. The zero-order valence-electron chi connectivity index (χ0n) is 39.3. The van der Waals surface area contributed by atoms with E-state index in [1.165, 1.54) is 0 Å². The molecule has 4 amide bonds. The lowest BCUT2D eigenvalue weighted by atomic mass is 10.00. The number of benzene rings is 5. The Morgan fingerprint density at radius 3 is 1.28 bits per heavy atom. The Morgan fingerprint density at radius 1 is 0.544 bits per heavy atom. The molecule has 0 bridgehead atoms. The highest BCUT2D eigenvalue weighted by Gasteiger charge is 2.39. The number of likely N-dealkylation sites (tertiary alicyclic amines) is 2. The normalized spacial score (nSPS) is 17.3. The summed E-state index contributed by atoms with van der Waals surface area (Å²) in [6.45, 7) is 11.8. The van der Waals surface area contributed by atoms with Crippen LogP contribution >= 0.6 is 0 Å². The van der Waals surface area contributed by atoms with Gasteiger partial charge in [0.2, 0.25) is 0 Å². The van der Waals surface area contributed by atoms with Gasteiger partial charge in [-0.25, -0.2) is 19.6 Å². The number of aromatic nitrogens is 4. The molecular weight excluding hydrogens is 857 g/mol. The molecule has 2 aromatic heterocycles. The van der Waals surface area contributed by atoms with Gasteiger partial charge in [0.1, 0.15) is 34.9 Å². The molecule has 2 fully saturated rings. The standard InChI is InChI=1S/C54H58N8O6/c1-53(2,3)67-51(65)59-45(35-15-9-7-10-16-35)49(63)61-29-13-19-43(61)47-55-39-27-25-37(31-41(39)57-47)33-21-23-34(24-22-33)38-26-28-40-42(32-38)58-48(56-40)44-20-14-30-62(44)50(64)46(36-17-11-8-12-18-36)60-52(66)68-54(4,5)6/h7-12,15-18,21-28,31-32,43-46H,13-14,19-20,29-30H2,1-6H3,(H,55,57)(H,56,58)(H,59,65)(H,60,66)/t43-,44-,45+,46+/m0/s1. The summed E-state index contributed by atoms with van der Waals surface area (Å²) in [5, 5.41) is 5.67. The number of nitrogens with one attached hydrogen (secondary N) is 4. The largest absolute Gasteiger partial charge is 0.444 e. The van der Waals surface area contributed by atoms with Gasteiger partial charge >= 0.3 is 12.2 Å². The summed E-state index contributed by atoms with van der Waals surface area (Å²) >= 11 is 0. The molecule has 0 unspecified atom stereocenters. The van der Waals surface area contributed by atoms with E-state index in [4.69, 9.17) is 19.4 Å². The minimum atomic E-state index is -0.916. The third-order valence-electron chi connectivity index (χ3n) is 12.3. The molecule has 0 radical (unpaired) electrons. The fraction of sp³-hybridized carbons (Fsp3) is 0.333. The number of hydrogen-bond acceptors (Lipinski definition) is 8. The number of imidazole rings is 2. The highest BCUT2D eigenvalue weighted by Crippen LogP contribution is 2.37. The molecule has 2 aliphatic rings. The summed E-state index contributed by atoms with van der Waals surface area (Å²) < 4.78 is 11.1. The van der Waals surface area contributed by atoms with Gasteiger partial charge in [-0.05, 0) is 125 Å². The number of ether oxygens (including phenoxy) is 2. The minimum Gasteiger partial charge on any atom is -0.444 e. The molecule has 0 spiro atoms. The zero-order valence-corrected chi connectivity index (χ0v) is 39.3. The molecule has 5 aromatic carbocycles. The van der Waals surface area contributed by atoms with Crippen LogP contribution in [0.25, 0.3) is 44.3 Å². The average Bonchev–Trinajstić information content (AvgIpc) is 4.15. The topological polar surface area (TPSA) is 175 Å². The van der Waals surface area contributed by atoms with Crippen LogP contribution in [0.4, 0.5) is 9.59 Å². The Bertz CT molecular complexity index is 2750. The van der Waals surface area contributed by atoms with Gasteiger partial charge in [-0.15, -0.1) is 0 Å². The highest BCUT2D eigenvalue weighted by atomic mass is 16.6. The van der Waals surface area contributed by atoms with Crippen LogP contribution in [0.1, 0.15) is 114 Å². The Hall–Kier alpha value is -7.48. The molecule has 4 atom stereocenters. The van der Waals surface area contributed by atoms with Crippen LogP contribution in [-0.2, 0) is 19.1 Å². The summed E-state index contributed by atoms with van der Waals surface area (Å²) in [5.41, 5.74) is 7.37. The molecule has 14 heteroatoms. The molecule has 2 aliphatic heterocycles. The summed E-state index contributed by atoms with van der Waals surface area (Å²) in [7, 11) is 0. The molecular formula is C54H58N8O6. The maximum absolute atomic E-state index is 14.3. The monoisotopic (exact) mass is 914 g/mol. The molecule has 4 heterocycles. The van der Waals surface area contributed by atoms with E-state index in [0.29, 0.717) is 35.9 Å². The maximum atomic E-state index is 14.3. The van der Waals surface area contributed by atoms with Gasteiger partial charge in [0.15, 0.2) is 0 Å². The molecule has 14 nitrogen and oxygen atoms in total. The lowest BCUT2D eigenvalue weighted by Gasteiger charge is -2.29. The fourth-order valence-corrected chi connectivity index (χ4v) is 9.27. The van der Waals surface area contributed by atoms with Crippen molar-refractivity contribution in [3.8, 4) is 22.3 Å². The Morgan fingerprint density at radius 2 is 0.912 bits per heavy atom. The first-order valence-corrected chi connectivity index (χ1v) is 23.4. The summed E-state index contributed by atoms with van der Waals surface area (Å²) in [6.07, 6.45) is 1.78. The smallest absolute Gasteiger partial charge is 0.408 e. The van der Waals surface area contributed by atoms with Crippen molar-refractivity contribution >= 4 is 46.1 Å². The molecule has 7 aromatic rings. The van der Waals surface area contributed by atoms with E-state index in [-0.39, 0.29) is 23.9 Å². The van der Waals surface area contributed by atoms with E-state index in [9.17, 15) is 19.2 Å². The Labute approximate surface area is 395 Å². The number of hydrogen-bond donors (Lipinski definition) is 4. The van der Waals surface area contributed by atoms with Crippen molar-refractivity contribution in [2.75, 3.05) is 13.1 Å². The first kappa shape index (κ1) is 45.7. The number of alkyl carbamates (subject to hydrolysis) is 2. The number of fused-ring (bicyclic) bond motifs is 2.